The first kappa shape index (κ1) is 12.5. The normalized spacial score (nSPS) is 7.78. The van der Waals surface area contributed by atoms with Crippen LogP contribution in [0, 0.1) is 0 Å². The molecular weight excluding hydrogens is 147 g/mol. The molecule has 0 spiro atoms. The Kier molecular flexibility index (Phi) is 12.2. The van der Waals surface area contributed by atoms with Gasteiger partial charge in [-0.2, -0.15) is 0 Å². The predicted molar refractivity (Wildman–Crippen MR) is 42.3 cm³/mol. The summed E-state index contributed by atoms with van der Waals surface area (Å²) in [6.45, 7) is 4.20. The van der Waals surface area contributed by atoms with Gasteiger partial charge in [0.15, 0.2) is 0 Å². The van der Waals surface area contributed by atoms with Gasteiger partial charge in [0.2, 0.25) is 0 Å². The molecule has 0 rings (SSSR count). The van der Waals surface area contributed by atoms with Crippen LogP contribution in [0.3, 0.4) is 0 Å². The van der Waals surface area contributed by atoms with E-state index in [1.165, 1.54) is 11.8 Å². The van der Waals surface area contributed by atoms with Crippen LogP contribution in [0.15, 0.2) is 0 Å². The molecule has 0 aliphatic heterocycles. The van der Waals surface area contributed by atoms with Crippen LogP contribution in [0.4, 0.5) is 4.79 Å². The Labute approximate surface area is 82.0 Å². The second-order valence-electron chi connectivity index (χ2n) is 1.12. The van der Waals surface area contributed by atoms with Gasteiger partial charge >= 0.3 is 34.9 Å². The Balaban J connectivity index is 0. The first-order chi connectivity index (χ1) is 3.81. The Morgan fingerprint density at radius 2 is 2.11 bits per heavy atom. The fraction of sp³-hybridized carbons (Fsp3) is 0.800. The average Bonchev–Trinajstić information content (AvgIpc) is 1.68. The van der Waals surface area contributed by atoms with E-state index in [-0.39, 0.29) is 34.9 Å². The fourth-order valence-electron chi connectivity index (χ4n) is 0.277. The summed E-state index contributed by atoms with van der Waals surface area (Å²) < 4.78 is 4.61. The van der Waals surface area contributed by atoms with Gasteiger partial charge in [-0.3, -0.25) is 0 Å². The van der Waals surface area contributed by atoms with Crippen molar-refractivity contribution in [2.45, 2.75) is 13.8 Å². The molecule has 0 aromatic carbocycles. The maximum atomic E-state index is 10.4. The Morgan fingerprint density at radius 3 is 2.44 bits per heavy atom. The molecule has 0 aliphatic rings. The zero-order valence-corrected chi connectivity index (χ0v) is 5.96. The van der Waals surface area contributed by atoms with Gasteiger partial charge in [-0.05, 0) is 18.7 Å². The number of carbonyl (C=O) groups excluding carboxylic acids is 1. The molecular formula is C5H11NaO2S. The van der Waals surface area contributed by atoms with Crippen molar-refractivity contribution in [2.24, 2.45) is 0 Å². The zero-order chi connectivity index (χ0) is 6.41. The van der Waals surface area contributed by atoms with Gasteiger partial charge in [0.25, 0.3) is 0 Å². The second kappa shape index (κ2) is 8.82. The molecule has 2 nitrogen and oxygen atoms in total. The summed E-state index contributed by atoms with van der Waals surface area (Å²) >= 11 is 1.19. The van der Waals surface area contributed by atoms with E-state index in [0.717, 1.165) is 5.75 Å². The summed E-state index contributed by atoms with van der Waals surface area (Å²) in [5, 5.41) is -0.171. The molecule has 0 aromatic rings. The van der Waals surface area contributed by atoms with Crippen molar-refractivity contribution in [3.05, 3.63) is 0 Å². The first-order valence-electron chi connectivity index (χ1n) is 2.60. The van der Waals surface area contributed by atoms with Crippen LogP contribution >= 0.6 is 11.8 Å². The molecule has 9 heavy (non-hydrogen) atoms. The van der Waals surface area contributed by atoms with E-state index < -0.39 is 0 Å². The summed E-state index contributed by atoms with van der Waals surface area (Å²) in [5.74, 6) is 0.791. The number of carbonyl (C=O) groups is 1. The van der Waals surface area contributed by atoms with Crippen molar-refractivity contribution in [2.75, 3.05) is 12.4 Å². The van der Waals surface area contributed by atoms with Crippen LogP contribution in [0.1, 0.15) is 13.8 Å². The van der Waals surface area contributed by atoms with E-state index >= 15 is 0 Å². The summed E-state index contributed by atoms with van der Waals surface area (Å²) in [6.07, 6.45) is 0. The van der Waals surface area contributed by atoms with E-state index in [9.17, 15) is 4.79 Å². The van der Waals surface area contributed by atoms with Crippen molar-refractivity contribution in [3.63, 3.8) is 0 Å². The predicted octanol–water partition coefficient (Wildman–Crippen LogP) is 1.25. The monoisotopic (exact) mass is 158 g/mol. The Bertz CT molecular complexity index is 69.4. The quantitative estimate of drug-likeness (QED) is 0.447. The SMILES string of the molecule is CCOC(=O)SCC.[NaH]. The van der Waals surface area contributed by atoms with Crippen LogP contribution in [0.25, 0.3) is 0 Å². The third-order valence-electron chi connectivity index (χ3n) is 0.524. The molecule has 0 fully saturated rings. The number of hydrogen-bond acceptors (Lipinski definition) is 3. The van der Waals surface area contributed by atoms with E-state index in [2.05, 4.69) is 4.74 Å². The van der Waals surface area contributed by atoms with E-state index in [1.807, 2.05) is 6.92 Å². The number of hydrogen-bond donors (Lipinski definition) is 0. The first-order valence-corrected chi connectivity index (χ1v) is 3.59. The molecule has 0 aliphatic carbocycles. The third kappa shape index (κ3) is 8.82. The van der Waals surface area contributed by atoms with Crippen LogP contribution in [0.5, 0.6) is 0 Å². The molecule has 0 amide bonds. The molecule has 0 heterocycles. The van der Waals surface area contributed by atoms with Crippen LogP contribution < -0.4 is 0 Å². The molecule has 50 valence electrons. The summed E-state index contributed by atoms with van der Waals surface area (Å²) in [6, 6.07) is 0. The summed E-state index contributed by atoms with van der Waals surface area (Å²) in [4.78, 5) is 10.4. The fourth-order valence-corrected chi connectivity index (χ4v) is 0.714. The van der Waals surface area contributed by atoms with Crippen molar-refractivity contribution in [1.82, 2.24) is 0 Å². The van der Waals surface area contributed by atoms with E-state index in [1.54, 1.807) is 6.92 Å². The molecule has 0 saturated heterocycles. The van der Waals surface area contributed by atoms with Gasteiger partial charge in [0.1, 0.15) is 0 Å². The van der Waals surface area contributed by atoms with Gasteiger partial charge in [-0.15, -0.1) is 0 Å². The van der Waals surface area contributed by atoms with Crippen molar-refractivity contribution in [3.8, 4) is 0 Å². The Morgan fingerprint density at radius 1 is 1.56 bits per heavy atom. The van der Waals surface area contributed by atoms with Gasteiger partial charge in [0, 0.05) is 5.75 Å². The molecule has 0 atom stereocenters. The molecule has 4 heteroatoms. The average molecular weight is 158 g/mol. The molecule has 0 aromatic heterocycles. The standard InChI is InChI=1S/C5H10O2S.Na.H/c1-3-7-5(6)8-4-2;;/h3-4H2,1-2H3;;. The van der Waals surface area contributed by atoms with Gasteiger partial charge in [0.05, 0.1) is 6.61 Å². The topological polar surface area (TPSA) is 26.3 Å². The summed E-state index contributed by atoms with van der Waals surface area (Å²) in [7, 11) is 0. The second-order valence-corrected chi connectivity index (χ2v) is 2.32. The number of rotatable bonds is 2. The van der Waals surface area contributed by atoms with Crippen LogP contribution in [-0.2, 0) is 4.74 Å². The number of thioether (sulfide) groups is 1. The summed E-state index contributed by atoms with van der Waals surface area (Å²) in [5.41, 5.74) is 0. The molecule has 0 bridgehead atoms. The van der Waals surface area contributed by atoms with Gasteiger partial charge in [-0.1, -0.05) is 6.92 Å². The zero-order valence-electron chi connectivity index (χ0n) is 5.14. The number of ether oxygens (including phenoxy) is 1. The molecule has 0 radical (unpaired) electrons. The van der Waals surface area contributed by atoms with Gasteiger partial charge in [-0.25, -0.2) is 4.79 Å². The van der Waals surface area contributed by atoms with E-state index in [0.29, 0.717) is 6.61 Å². The van der Waals surface area contributed by atoms with Crippen molar-refractivity contribution >= 4 is 46.6 Å². The van der Waals surface area contributed by atoms with Gasteiger partial charge < -0.3 is 4.74 Å². The van der Waals surface area contributed by atoms with Crippen molar-refractivity contribution in [1.29, 1.82) is 0 Å². The van der Waals surface area contributed by atoms with Crippen molar-refractivity contribution < 1.29 is 9.53 Å². The molecule has 0 unspecified atom stereocenters. The van der Waals surface area contributed by atoms with E-state index in [4.69, 9.17) is 0 Å². The molecule has 0 N–H and O–H groups in total. The minimum absolute atomic E-state index is 0. The third-order valence-corrected chi connectivity index (χ3v) is 1.17. The van der Waals surface area contributed by atoms with Crippen LogP contribution in [-0.4, -0.2) is 47.2 Å². The maximum absolute atomic E-state index is 10.4. The molecule has 0 saturated carbocycles. The Hall–Kier alpha value is 0.820. The minimum atomic E-state index is -0.171. The van der Waals surface area contributed by atoms with Crippen LogP contribution in [0.2, 0.25) is 0 Å².